The van der Waals surface area contributed by atoms with E-state index >= 15 is 0 Å². The smallest absolute Gasteiger partial charge is 0.316 e. The molecule has 1 aromatic carbocycles. The Kier molecular flexibility index (Phi) is 4.48. The molecular formula is C8H11MgO. The van der Waals surface area contributed by atoms with E-state index in [4.69, 9.17) is 4.74 Å². The van der Waals surface area contributed by atoms with Gasteiger partial charge in [-0.05, 0) is 18.6 Å². The molecule has 0 unspecified atom stereocenters. The van der Waals surface area contributed by atoms with Crippen LogP contribution in [0.2, 0.25) is 0 Å². The van der Waals surface area contributed by atoms with Crippen molar-refractivity contribution in [2.24, 2.45) is 0 Å². The first-order valence-corrected chi connectivity index (χ1v) is 2.79. The minimum Gasteiger partial charge on any atom is -0.496 e. The first kappa shape index (κ1) is 9.79. The lowest BCUT2D eigenvalue weighted by Crippen LogP contribution is -1.84. The normalized spacial score (nSPS) is 8.20. The predicted octanol–water partition coefficient (Wildman–Crippen LogP) is 0.961. The van der Waals surface area contributed by atoms with Gasteiger partial charge >= 0.3 is 23.1 Å². The largest absolute Gasteiger partial charge is 0.496 e. The molecule has 10 heavy (non-hydrogen) atoms. The standard InChI is InChI=1S/C8H9O.Mg.2H/c1-7-5-3-4-6-8(7)9-2;;;/h3-6H,1H2,2H3;;;. The summed E-state index contributed by atoms with van der Waals surface area (Å²) in [7, 11) is 1.64. The first-order valence-electron chi connectivity index (χ1n) is 2.79. The number of rotatable bonds is 1. The average molecular weight is 147 g/mol. The molecule has 0 aromatic heterocycles. The Balaban J connectivity index is 0.000000810. The van der Waals surface area contributed by atoms with Crippen molar-refractivity contribution in [1.29, 1.82) is 0 Å². The van der Waals surface area contributed by atoms with Gasteiger partial charge in [0.15, 0.2) is 0 Å². The van der Waals surface area contributed by atoms with Gasteiger partial charge in [0.2, 0.25) is 0 Å². The fourth-order valence-electron chi connectivity index (χ4n) is 0.703. The molecule has 1 radical (unpaired) electrons. The van der Waals surface area contributed by atoms with Gasteiger partial charge in [0.1, 0.15) is 5.75 Å². The van der Waals surface area contributed by atoms with Crippen LogP contribution >= 0.6 is 0 Å². The van der Waals surface area contributed by atoms with E-state index in [-0.39, 0.29) is 23.1 Å². The Labute approximate surface area is 77.5 Å². The van der Waals surface area contributed by atoms with Gasteiger partial charge in [0, 0.05) is 0 Å². The maximum Gasteiger partial charge on any atom is 0.316 e. The molecule has 0 heterocycles. The van der Waals surface area contributed by atoms with Crippen LogP contribution in [0.3, 0.4) is 0 Å². The van der Waals surface area contributed by atoms with Crippen molar-refractivity contribution >= 4 is 23.1 Å². The molecule has 2 heteroatoms. The zero-order valence-electron chi connectivity index (χ0n) is 5.42. The summed E-state index contributed by atoms with van der Waals surface area (Å²) in [5.74, 6) is 0.845. The summed E-state index contributed by atoms with van der Waals surface area (Å²) in [4.78, 5) is 0. The lowest BCUT2D eigenvalue weighted by Gasteiger charge is -2.00. The van der Waals surface area contributed by atoms with E-state index in [9.17, 15) is 0 Å². The van der Waals surface area contributed by atoms with Gasteiger partial charge < -0.3 is 4.74 Å². The van der Waals surface area contributed by atoms with Gasteiger partial charge in [-0.15, -0.1) is 0 Å². The molecule has 1 rings (SSSR count). The fraction of sp³-hybridized carbons (Fsp3) is 0.125. The van der Waals surface area contributed by atoms with Crippen LogP contribution in [0, 0.1) is 6.92 Å². The molecule has 0 saturated heterocycles. The van der Waals surface area contributed by atoms with Crippen LogP contribution in [0.5, 0.6) is 5.75 Å². The summed E-state index contributed by atoms with van der Waals surface area (Å²) in [6.07, 6.45) is 0. The second kappa shape index (κ2) is 4.58. The molecule has 0 spiro atoms. The SMILES string of the molecule is [CH2]c1ccccc1OC.[MgH2]. The van der Waals surface area contributed by atoms with Crippen LogP contribution in [0.15, 0.2) is 24.3 Å². The molecule has 0 aliphatic rings. The second-order valence-corrected chi connectivity index (χ2v) is 1.81. The predicted molar refractivity (Wildman–Crippen MR) is 46.0 cm³/mol. The monoisotopic (exact) mass is 147 g/mol. The number of hydrogen-bond donors (Lipinski definition) is 0. The minimum absolute atomic E-state index is 0. The fourth-order valence-corrected chi connectivity index (χ4v) is 0.703. The summed E-state index contributed by atoms with van der Waals surface area (Å²) in [5.41, 5.74) is 0.931. The third-order valence-electron chi connectivity index (χ3n) is 1.19. The minimum atomic E-state index is 0. The Bertz CT molecular complexity index is 198. The zero-order chi connectivity index (χ0) is 6.69. The van der Waals surface area contributed by atoms with Crippen molar-refractivity contribution in [3.63, 3.8) is 0 Å². The number of hydrogen-bond acceptors (Lipinski definition) is 1. The topological polar surface area (TPSA) is 9.23 Å². The molecule has 0 bridgehead atoms. The van der Waals surface area contributed by atoms with E-state index in [2.05, 4.69) is 6.92 Å². The number of ether oxygens (including phenoxy) is 1. The van der Waals surface area contributed by atoms with Gasteiger partial charge in [0.25, 0.3) is 0 Å². The molecule has 0 aliphatic carbocycles. The molecule has 0 saturated carbocycles. The molecule has 51 valence electrons. The molecule has 0 atom stereocenters. The summed E-state index contributed by atoms with van der Waals surface area (Å²) in [6, 6.07) is 7.67. The van der Waals surface area contributed by atoms with E-state index in [0.29, 0.717) is 0 Å². The van der Waals surface area contributed by atoms with E-state index in [1.807, 2.05) is 24.3 Å². The van der Waals surface area contributed by atoms with Gasteiger partial charge in [-0.2, -0.15) is 0 Å². The van der Waals surface area contributed by atoms with Crippen molar-refractivity contribution in [1.82, 2.24) is 0 Å². The quantitative estimate of drug-likeness (QED) is 0.538. The van der Waals surface area contributed by atoms with E-state index in [1.165, 1.54) is 0 Å². The molecule has 1 aromatic rings. The maximum atomic E-state index is 4.98. The summed E-state index contributed by atoms with van der Waals surface area (Å²) in [6.45, 7) is 3.77. The lowest BCUT2D eigenvalue weighted by molar-refractivity contribution is 0.413. The van der Waals surface area contributed by atoms with Gasteiger partial charge in [-0.3, -0.25) is 0 Å². The van der Waals surface area contributed by atoms with Gasteiger partial charge in [-0.1, -0.05) is 18.2 Å². The Hall–Kier alpha value is -0.214. The second-order valence-electron chi connectivity index (χ2n) is 1.81. The number of methoxy groups -OCH3 is 1. The highest BCUT2D eigenvalue weighted by molar-refractivity contribution is 5.75. The highest BCUT2D eigenvalue weighted by Crippen LogP contribution is 2.14. The van der Waals surface area contributed by atoms with Crippen molar-refractivity contribution in [2.75, 3.05) is 7.11 Å². The van der Waals surface area contributed by atoms with E-state index in [1.54, 1.807) is 7.11 Å². The highest BCUT2D eigenvalue weighted by atomic mass is 24.3. The number of para-hydroxylation sites is 1. The third-order valence-corrected chi connectivity index (χ3v) is 1.19. The van der Waals surface area contributed by atoms with Crippen LogP contribution in [-0.2, 0) is 0 Å². The van der Waals surface area contributed by atoms with Gasteiger partial charge in [-0.25, -0.2) is 0 Å². The van der Waals surface area contributed by atoms with Crippen molar-refractivity contribution < 1.29 is 4.74 Å². The first-order chi connectivity index (χ1) is 4.34. The average Bonchev–Trinajstić information content (AvgIpc) is 1.89. The third kappa shape index (κ3) is 2.19. The van der Waals surface area contributed by atoms with Crippen LogP contribution in [0.1, 0.15) is 5.56 Å². The van der Waals surface area contributed by atoms with Crippen LogP contribution < -0.4 is 4.74 Å². The van der Waals surface area contributed by atoms with Crippen molar-refractivity contribution in [3.05, 3.63) is 36.8 Å². The van der Waals surface area contributed by atoms with Gasteiger partial charge in [0.05, 0.1) is 7.11 Å². The maximum absolute atomic E-state index is 4.98. The highest BCUT2D eigenvalue weighted by Gasteiger charge is 1.91. The summed E-state index contributed by atoms with van der Waals surface area (Å²) in [5, 5.41) is 0. The Morgan fingerprint density at radius 1 is 1.30 bits per heavy atom. The molecular weight excluding hydrogens is 136 g/mol. The molecule has 0 N–H and O–H groups in total. The van der Waals surface area contributed by atoms with Crippen molar-refractivity contribution in [3.8, 4) is 5.75 Å². The van der Waals surface area contributed by atoms with E-state index in [0.717, 1.165) is 11.3 Å². The number of benzene rings is 1. The van der Waals surface area contributed by atoms with E-state index < -0.39 is 0 Å². The lowest BCUT2D eigenvalue weighted by atomic mass is 10.2. The van der Waals surface area contributed by atoms with Crippen molar-refractivity contribution in [2.45, 2.75) is 0 Å². The van der Waals surface area contributed by atoms with Crippen LogP contribution in [-0.4, -0.2) is 30.2 Å². The van der Waals surface area contributed by atoms with Crippen LogP contribution in [0.25, 0.3) is 0 Å². The molecule has 0 amide bonds. The molecule has 0 fully saturated rings. The zero-order valence-corrected chi connectivity index (χ0v) is 5.42. The molecule has 0 aliphatic heterocycles. The van der Waals surface area contributed by atoms with Crippen LogP contribution in [0.4, 0.5) is 0 Å². The molecule has 1 nitrogen and oxygen atoms in total. The Morgan fingerprint density at radius 2 is 1.90 bits per heavy atom. The summed E-state index contributed by atoms with van der Waals surface area (Å²) >= 11 is 0. The summed E-state index contributed by atoms with van der Waals surface area (Å²) < 4.78 is 4.98. The Morgan fingerprint density at radius 3 is 2.30 bits per heavy atom.